The van der Waals surface area contributed by atoms with Gasteiger partial charge in [0.25, 0.3) is 11.8 Å². The van der Waals surface area contributed by atoms with E-state index >= 15 is 0 Å². The van der Waals surface area contributed by atoms with E-state index in [9.17, 15) is 9.59 Å². The molecule has 0 spiro atoms. The summed E-state index contributed by atoms with van der Waals surface area (Å²) in [6.07, 6.45) is 0.766. The topological polar surface area (TPSA) is 76.7 Å². The van der Waals surface area contributed by atoms with Gasteiger partial charge in [-0.15, -0.1) is 0 Å². The van der Waals surface area contributed by atoms with Crippen LogP contribution in [0.3, 0.4) is 0 Å². The number of carbonyl (C=O) groups excluding carboxylic acids is 2. The lowest BCUT2D eigenvalue weighted by atomic mass is 10.1. The Balaban J connectivity index is 1.20. The molecule has 0 heterocycles. The summed E-state index contributed by atoms with van der Waals surface area (Å²) in [6.45, 7) is 0.267. The van der Waals surface area contributed by atoms with E-state index in [-0.39, 0.29) is 6.61 Å². The summed E-state index contributed by atoms with van der Waals surface area (Å²) >= 11 is 0. The van der Waals surface area contributed by atoms with Gasteiger partial charge in [-0.25, -0.2) is 0 Å². The fourth-order valence-electron chi connectivity index (χ4n) is 3.42. The highest BCUT2D eigenvalue weighted by atomic mass is 16.5. The van der Waals surface area contributed by atoms with Gasteiger partial charge in [0.2, 0.25) is 0 Å². The van der Waals surface area contributed by atoms with Crippen LogP contribution in [0, 0.1) is 0 Å². The van der Waals surface area contributed by atoms with Crippen molar-refractivity contribution in [1.29, 1.82) is 0 Å². The number of nitrogens with one attached hydrogen (secondary N) is 2. The number of hydrogen-bond acceptors (Lipinski definition) is 4. The molecule has 4 aromatic rings. The standard InChI is InChI=1S/C29H26N2O4/c32-28(21-35-26-16-14-24(15-17-26)23-10-5-2-6-11-23)30-31-29(33)25-12-7-13-27(20-25)34-19-18-22-8-3-1-4-9-22/h1-17,20H,18-19,21H2,(H,30,32)(H,31,33). The summed E-state index contributed by atoms with van der Waals surface area (Å²) in [5, 5.41) is 0. The van der Waals surface area contributed by atoms with Crippen molar-refractivity contribution in [3.05, 3.63) is 120 Å². The summed E-state index contributed by atoms with van der Waals surface area (Å²) < 4.78 is 11.3. The number of rotatable bonds is 9. The quantitative estimate of drug-likeness (QED) is 0.347. The summed E-state index contributed by atoms with van der Waals surface area (Å²) in [6, 6.07) is 34.3. The number of carbonyl (C=O) groups is 2. The molecule has 4 rings (SSSR count). The molecule has 35 heavy (non-hydrogen) atoms. The van der Waals surface area contributed by atoms with Crippen molar-refractivity contribution in [1.82, 2.24) is 10.9 Å². The van der Waals surface area contributed by atoms with Crippen molar-refractivity contribution < 1.29 is 19.1 Å². The Morgan fingerprint density at radius 1 is 0.629 bits per heavy atom. The molecule has 6 heteroatoms. The van der Waals surface area contributed by atoms with Crippen LogP contribution in [0.15, 0.2) is 109 Å². The molecule has 176 valence electrons. The fraction of sp³-hybridized carbons (Fsp3) is 0.103. The molecule has 0 atom stereocenters. The molecule has 6 nitrogen and oxygen atoms in total. The van der Waals surface area contributed by atoms with E-state index in [0.29, 0.717) is 23.7 Å². The second-order valence-electron chi connectivity index (χ2n) is 7.79. The molecule has 0 aliphatic heterocycles. The summed E-state index contributed by atoms with van der Waals surface area (Å²) in [5.41, 5.74) is 8.48. The van der Waals surface area contributed by atoms with E-state index < -0.39 is 11.8 Å². The van der Waals surface area contributed by atoms with Crippen LogP contribution in [-0.2, 0) is 11.2 Å². The summed E-state index contributed by atoms with van der Waals surface area (Å²) in [5.74, 6) is 0.230. The molecular weight excluding hydrogens is 440 g/mol. The first kappa shape index (κ1) is 23.6. The monoisotopic (exact) mass is 466 g/mol. The molecule has 0 saturated heterocycles. The van der Waals surface area contributed by atoms with Crippen molar-refractivity contribution in [2.45, 2.75) is 6.42 Å². The summed E-state index contributed by atoms with van der Waals surface area (Å²) in [7, 11) is 0. The minimum Gasteiger partial charge on any atom is -0.493 e. The maximum Gasteiger partial charge on any atom is 0.276 e. The van der Waals surface area contributed by atoms with Crippen molar-refractivity contribution in [2.75, 3.05) is 13.2 Å². The Morgan fingerprint density at radius 2 is 1.31 bits per heavy atom. The van der Waals surface area contributed by atoms with Crippen LogP contribution in [0.1, 0.15) is 15.9 Å². The Morgan fingerprint density at radius 3 is 2.06 bits per heavy atom. The third-order valence-electron chi connectivity index (χ3n) is 5.25. The first-order chi connectivity index (χ1) is 17.2. The molecule has 0 aliphatic rings. The molecule has 0 aromatic heterocycles. The lowest BCUT2D eigenvalue weighted by Crippen LogP contribution is -2.43. The zero-order valence-electron chi connectivity index (χ0n) is 19.1. The van der Waals surface area contributed by atoms with Crippen LogP contribution in [-0.4, -0.2) is 25.0 Å². The largest absolute Gasteiger partial charge is 0.493 e. The van der Waals surface area contributed by atoms with E-state index in [2.05, 4.69) is 10.9 Å². The average molecular weight is 467 g/mol. The van der Waals surface area contributed by atoms with Gasteiger partial charge in [-0.3, -0.25) is 20.4 Å². The maximum atomic E-state index is 12.4. The van der Waals surface area contributed by atoms with Crippen LogP contribution < -0.4 is 20.3 Å². The minimum absolute atomic E-state index is 0.229. The highest BCUT2D eigenvalue weighted by Gasteiger charge is 2.09. The Labute approximate surface area is 204 Å². The van der Waals surface area contributed by atoms with Crippen LogP contribution in [0.25, 0.3) is 11.1 Å². The van der Waals surface area contributed by atoms with Gasteiger partial charge in [0.15, 0.2) is 6.61 Å². The molecular formula is C29H26N2O4. The van der Waals surface area contributed by atoms with Crippen LogP contribution in [0.5, 0.6) is 11.5 Å². The second-order valence-corrected chi connectivity index (χ2v) is 7.79. The predicted octanol–water partition coefficient (Wildman–Crippen LogP) is 4.82. The van der Waals surface area contributed by atoms with Crippen molar-refractivity contribution in [3.8, 4) is 22.6 Å². The fourth-order valence-corrected chi connectivity index (χ4v) is 3.42. The van der Waals surface area contributed by atoms with Gasteiger partial charge < -0.3 is 9.47 Å². The van der Waals surface area contributed by atoms with Gasteiger partial charge in [-0.1, -0.05) is 78.9 Å². The highest BCUT2D eigenvalue weighted by molar-refractivity contribution is 5.95. The molecule has 0 saturated carbocycles. The van der Waals surface area contributed by atoms with E-state index in [4.69, 9.17) is 9.47 Å². The minimum atomic E-state index is -0.472. The van der Waals surface area contributed by atoms with Crippen molar-refractivity contribution in [3.63, 3.8) is 0 Å². The van der Waals surface area contributed by atoms with Crippen LogP contribution >= 0.6 is 0 Å². The molecule has 0 unspecified atom stereocenters. The second kappa shape index (κ2) is 12.0. The first-order valence-electron chi connectivity index (χ1n) is 11.3. The number of amides is 2. The van der Waals surface area contributed by atoms with Crippen LogP contribution in [0.4, 0.5) is 0 Å². The zero-order valence-corrected chi connectivity index (χ0v) is 19.1. The zero-order chi connectivity index (χ0) is 24.3. The molecule has 2 N–H and O–H groups in total. The lowest BCUT2D eigenvalue weighted by Gasteiger charge is -2.11. The van der Waals surface area contributed by atoms with Gasteiger partial charge in [0.1, 0.15) is 11.5 Å². The van der Waals surface area contributed by atoms with E-state index in [1.54, 1.807) is 36.4 Å². The normalized spacial score (nSPS) is 10.3. The summed E-state index contributed by atoms with van der Waals surface area (Å²) in [4.78, 5) is 24.5. The lowest BCUT2D eigenvalue weighted by molar-refractivity contribution is -0.123. The van der Waals surface area contributed by atoms with Crippen molar-refractivity contribution in [2.24, 2.45) is 0 Å². The van der Waals surface area contributed by atoms with Gasteiger partial charge in [-0.2, -0.15) is 0 Å². The first-order valence-corrected chi connectivity index (χ1v) is 11.3. The van der Waals surface area contributed by atoms with Gasteiger partial charge in [0, 0.05) is 12.0 Å². The van der Waals surface area contributed by atoms with E-state index in [1.165, 1.54) is 5.56 Å². The Bertz CT molecular complexity index is 1240. The average Bonchev–Trinajstić information content (AvgIpc) is 2.92. The highest BCUT2D eigenvalue weighted by Crippen LogP contribution is 2.22. The van der Waals surface area contributed by atoms with E-state index in [0.717, 1.165) is 17.5 Å². The Hall–Kier alpha value is -4.58. The maximum absolute atomic E-state index is 12.4. The van der Waals surface area contributed by atoms with E-state index in [1.807, 2.05) is 72.8 Å². The molecule has 0 aliphatic carbocycles. The molecule has 0 fully saturated rings. The smallest absolute Gasteiger partial charge is 0.276 e. The third kappa shape index (κ3) is 7.20. The third-order valence-corrected chi connectivity index (χ3v) is 5.25. The van der Waals surface area contributed by atoms with Gasteiger partial charge in [-0.05, 0) is 47.0 Å². The molecule has 0 bridgehead atoms. The number of hydrazine groups is 1. The number of hydrogen-bond donors (Lipinski definition) is 2. The molecule has 2 amide bonds. The van der Waals surface area contributed by atoms with Gasteiger partial charge >= 0.3 is 0 Å². The number of ether oxygens (including phenoxy) is 2. The van der Waals surface area contributed by atoms with Gasteiger partial charge in [0.05, 0.1) is 6.61 Å². The van der Waals surface area contributed by atoms with Crippen molar-refractivity contribution >= 4 is 11.8 Å². The SMILES string of the molecule is O=C(COc1ccc(-c2ccccc2)cc1)NNC(=O)c1cccc(OCCc2ccccc2)c1. The molecule has 4 aromatic carbocycles. The Kier molecular flexibility index (Phi) is 8.11. The predicted molar refractivity (Wildman–Crippen MR) is 135 cm³/mol. The number of benzene rings is 4. The molecule has 0 radical (unpaired) electrons. The van der Waals surface area contributed by atoms with Crippen LogP contribution in [0.2, 0.25) is 0 Å².